The van der Waals surface area contributed by atoms with Gasteiger partial charge in [0.05, 0.1) is 11.6 Å². The van der Waals surface area contributed by atoms with Crippen molar-refractivity contribution in [1.82, 2.24) is 14.9 Å². The Kier molecular flexibility index (Phi) is 5.63. The number of rotatable bonds is 7. The van der Waals surface area contributed by atoms with Gasteiger partial charge >= 0.3 is 0 Å². The van der Waals surface area contributed by atoms with Crippen LogP contribution in [0.1, 0.15) is 22.3 Å². The van der Waals surface area contributed by atoms with Crippen molar-refractivity contribution in [3.8, 4) is 0 Å². The number of hydrogen-bond acceptors (Lipinski definition) is 6. The highest BCUT2D eigenvalue weighted by atomic mass is 32.1. The first-order valence-corrected chi connectivity index (χ1v) is 9.38. The van der Waals surface area contributed by atoms with Crippen molar-refractivity contribution in [2.75, 3.05) is 32.5 Å². The van der Waals surface area contributed by atoms with Crippen molar-refractivity contribution in [2.24, 2.45) is 5.73 Å². The topological polar surface area (TPSA) is 67.1 Å². The van der Waals surface area contributed by atoms with E-state index in [1.54, 1.807) is 11.3 Å². The molecule has 5 nitrogen and oxygen atoms in total. The minimum absolute atomic E-state index is 0.298. The maximum Gasteiger partial charge on any atom is 0.137 e. The summed E-state index contributed by atoms with van der Waals surface area (Å²) in [6, 6.07) is 10.6. The van der Waals surface area contributed by atoms with E-state index in [0.717, 1.165) is 29.1 Å². The molecule has 0 unspecified atom stereocenters. The maximum absolute atomic E-state index is 5.69. The second-order valence-corrected chi connectivity index (χ2v) is 7.32. The van der Waals surface area contributed by atoms with Gasteiger partial charge in [-0.1, -0.05) is 12.1 Å². The largest absolute Gasteiger partial charge is 0.367 e. The summed E-state index contributed by atoms with van der Waals surface area (Å²) < 4.78 is 0. The van der Waals surface area contributed by atoms with Crippen LogP contribution in [0.2, 0.25) is 0 Å². The summed E-state index contributed by atoms with van der Waals surface area (Å²) in [5, 5.41) is 6.75. The monoisotopic (exact) mass is 355 g/mol. The van der Waals surface area contributed by atoms with Crippen LogP contribution in [0.15, 0.2) is 35.7 Å². The Morgan fingerprint density at radius 3 is 2.68 bits per heavy atom. The summed E-state index contributed by atoms with van der Waals surface area (Å²) >= 11 is 1.81. The van der Waals surface area contributed by atoms with Crippen molar-refractivity contribution >= 4 is 28.1 Å². The van der Waals surface area contributed by atoms with Crippen LogP contribution in [-0.4, -0.2) is 42.1 Å². The van der Waals surface area contributed by atoms with Gasteiger partial charge in [0.25, 0.3) is 0 Å². The van der Waals surface area contributed by atoms with E-state index in [1.165, 1.54) is 10.4 Å². The molecule has 1 aromatic carbocycles. The van der Waals surface area contributed by atoms with Crippen LogP contribution in [0.25, 0.3) is 10.9 Å². The SMILES string of the molecule is Cc1ccsc1[C@@H](CNc1nc(CCN)nc2ccccc12)N(C)C. The van der Waals surface area contributed by atoms with Crippen LogP contribution in [-0.2, 0) is 6.42 Å². The number of nitrogens with zero attached hydrogens (tertiary/aromatic N) is 3. The van der Waals surface area contributed by atoms with Crippen LogP contribution < -0.4 is 11.1 Å². The van der Waals surface area contributed by atoms with E-state index in [-0.39, 0.29) is 0 Å². The Morgan fingerprint density at radius 1 is 1.20 bits per heavy atom. The number of likely N-dealkylation sites (N-methyl/N-ethyl adjacent to an activating group) is 1. The van der Waals surface area contributed by atoms with Gasteiger partial charge in [-0.25, -0.2) is 9.97 Å². The number of aryl methyl sites for hydroxylation is 1. The fourth-order valence-electron chi connectivity index (χ4n) is 2.93. The van der Waals surface area contributed by atoms with Crippen molar-refractivity contribution in [1.29, 1.82) is 0 Å². The van der Waals surface area contributed by atoms with Gasteiger partial charge in [0.2, 0.25) is 0 Å². The van der Waals surface area contributed by atoms with Crippen LogP contribution in [0.5, 0.6) is 0 Å². The third-order valence-electron chi connectivity index (χ3n) is 4.31. The molecule has 0 saturated heterocycles. The first-order valence-electron chi connectivity index (χ1n) is 8.50. The van der Waals surface area contributed by atoms with Crippen molar-refractivity contribution in [3.05, 3.63) is 52.0 Å². The predicted octanol–water partition coefficient (Wildman–Crippen LogP) is 3.22. The van der Waals surface area contributed by atoms with E-state index in [4.69, 9.17) is 10.7 Å². The first-order chi connectivity index (χ1) is 12.1. The Bertz CT molecular complexity index is 843. The Morgan fingerprint density at radius 2 is 2.00 bits per heavy atom. The van der Waals surface area contributed by atoms with E-state index in [1.807, 2.05) is 18.2 Å². The number of para-hydroxylation sites is 1. The Hall–Kier alpha value is -2.02. The van der Waals surface area contributed by atoms with Crippen LogP contribution in [0.3, 0.4) is 0 Å². The molecule has 3 aromatic rings. The highest BCUT2D eigenvalue weighted by Crippen LogP contribution is 2.28. The number of nitrogens with two attached hydrogens (primary N) is 1. The summed E-state index contributed by atoms with van der Waals surface area (Å²) in [5.74, 6) is 1.67. The van der Waals surface area contributed by atoms with Gasteiger partial charge in [0, 0.05) is 23.2 Å². The summed E-state index contributed by atoms with van der Waals surface area (Å²) in [5.41, 5.74) is 7.98. The number of fused-ring (bicyclic) bond motifs is 1. The Labute approximate surface area is 152 Å². The zero-order valence-corrected chi connectivity index (χ0v) is 15.8. The fraction of sp³-hybridized carbons (Fsp3) is 0.368. The number of benzene rings is 1. The van der Waals surface area contributed by atoms with Crippen molar-refractivity contribution < 1.29 is 0 Å². The lowest BCUT2D eigenvalue weighted by Crippen LogP contribution is -2.27. The summed E-state index contributed by atoms with van der Waals surface area (Å²) in [6.45, 7) is 3.51. The molecular formula is C19H25N5S. The van der Waals surface area contributed by atoms with Gasteiger partial charge in [-0.2, -0.15) is 0 Å². The maximum atomic E-state index is 5.69. The van der Waals surface area contributed by atoms with E-state index in [9.17, 15) is 0 Å². The standard InChI is InChI=1S/C19H25N5S/c1-13-9-11-25-18(13)16(24(2)3)12-21-19-14-6-4-5-7-15(14)22-17(23-19)8-10-20/h4-7,9,11,16H,8,10,12,20H2,1-3H3,(H,21,22,23)/t16-/m1/s1. The average molecular weight is 356 g/mol. The molecule has 3 N–H and O–H groups in total. The van der Waals surface area contributed by atoms with E-state index in [2.05, 4.69) is 53.7 Å². The minimum atomic E-state index is 0.298. The van der Waals surface area contributed by atoms with Crippen molar-refractivity contribution in [2.45, 2.75) is 19.4 Å². The molecule has 1 atom stereocenters. The molecule has 132 valence electrons. The van der Waals surface area contributed by atoms with Gasteiger partial charge in [-0.05, 0) is 56.7 Å². The lowest BCUT2D eigenvalue weighted by molar-refractivity contribution is 0.315. The molecule has 3 rings (SSSR count). The van der Waals surface area contributed by atoms with Crippen molar-refractivity contribution in [3.63, 3.8) is 0 Å². The molecular weight excluding hydrogens is 330 g/mol. The van der Waals surface area contributed by atoms with E-state index in [0.29, 0.717) is 19.0 Å². The summed E-state index contributed by atoms with van der Waals surface area (Å²) in [6.07, 6.45) is 0.681. The number of nitrogens with one attached hydrogen (secondary N) is 1. The molecule has 2 aromatic heterocycles. The van der Waals surface area contributed by atoms with E-state index >= 15 is 0 Å². The molecule has 0 aliphatic heterocycles. The summed E-state index contributed by atoms with van der Waals surface area (Å²) in [7, 11) is 4.23. The number of anilines is 1. The normalized spacial score (nSPS) is 12.7. The average Bonchev–Trinajstić information content (AvgIpc) is 3.01. The molecule has 0 aliphatic rings. The molecule has 25 heavy (non-hydrogen) atoms. The molecule has 0 bridgehead atoms. The zero-order chi connectivity index (χ0) is 17.8. The second-order valence-electron chi connectivity index (χ2n) is 6.37. The lowest BCUT2D eigenvalue weighted by atomic mass is 10.1. The molecule has 0 saturated carbocycles. The fourth-order valence-corrected chi connectivity index (χ4v) is 4.05. The van der Waals surface area contributed by atoms with Gasteiger partial charge in [0.1, 0.15) is 11.6 Å². The van der Waals surface area contributed by atoms with E-state index < -0.39 is 0 Å². The highest BCUT2D eigenvalue weighted by molar-refractivity contribution is 7.10. The number of thiophene rings is 1. The van der Waals surface area contributed by atoms with Gasteiger partial charge < -0.3 is 16.0 Å². The lowest BCUT2D eigenvalue weighted by Gasteiger charge is -2.25. The molecule has 0 fully saturated rings. The quantitative estimate of drug-likeness (QED) is 0.681. The highest BCUT2D eigenvalue weighted by Gasteiger charge is 2.18. The summed E-state index contributed by atoms with van der Waals surface area (Å²) in [4.78, 5) is 13.0. The van der Waals surface area contributed by atoms with Gasteiger partial charge in [-0.3, -0.25) is 0 Å². The third-order valence-corrected chi connectivity index (χ3v) is 5.43. The first kappa shape index (κ1) is 17.8. The second kappa shape index (κ2) is 7.91. The number of aromatic nitrogens is 2. The third kappa shape index (κ3) is 3.98. The molecule has 0 radical (unpaired) electrons. The molecule has 0 amide bonds. The Balaban J connectivity index is 1.90. The molecule has 6 heteroatoms. The zero-order valence-electron chi connectivity index (χ0n) is 15.0. The smallest absolute Gasteiger partial charge is 0.137 e. The molecule has 0 aliphatic carbocycles. The molecule has 2 heterocycles. The van der Waals surface area contributed by atoms with Crippen LogP contribution in [0.4, 0.5) is 5.82 Å². The van der Waals surface area contributed by atoms with Gasteiger partial charge in [0.15, 0.2) is 0 Å². The predicted molar refractivity (Wildman–Crippen MR) is 106 cm³/mol. The number of hydrogen-bond donors (Lipinski definition) is 2. The van der Waals surface area contributed by atoms with Gasteiger partial charge in [-0.15, -0.1) is 11.3 Å². The minimum Gasteiger partial charge on any atom is -0.367 e. The van der Waals surface area contributed by atoms with Crippen LogP contribution >= 0.6 is 11.3 Å². The molecule has 0 spiro atoms. The van der Waals surface area contributed by atoms with Crippen LogP contribution in [0, 0.1) is 6.92 Å².